The van der Waals surface area contributed by atoms with Crippen LogP contribution in [0, 0.1) is 18.3 Å². The number of hydrogen-bond donors (Lipinski definition) is 0. The molecule has 2 unspecified atom stereocenters. The minimum Gasteiger partial charge on any atom is -0.0625 e. The Balaban J connectivity index is 2.00. The molecule has 0 heterocycles. The number of rotatable bonds is 2. The molecule has 1 aliphatic rings. The largest absolute Gasteiger partial charge is 0.0625 e. The molecule has 2 aromatic rings. The second-order valence-corrected chi connectivity index (χ2v) is 7.01. The molecule has 3 rings (SSSR count). The van der Waals surface area contributed by atoms with Gasteiger partial charge >= 0.3 is 0 Å². The molecular weight excluding hydrogens is 240 g/mol. The minimum atomic E-state index is 0.223. The van der Waals surface area contributed by atoms with Crippen molar-refractivity contribution in [2.24, 2.45) is 11.8 Å². The van der Waals surface area contributed by atoms with Gasteiger partial charge in [0, 0.05) is 0 Å². The summed E-state index contributed by atoms with van der Waals surface area (Å²) in [5.74, 6) is 1.57. The Bertz CT molecular complexity index is 581. The Kier molecular flexibility index (Phi) is 3.58. The summed E-state index contributed by atoms with van der Waals surface area (Å²) in [6.45, 7) is 7.22. The second-order valence-electron chi connectivity index (χ2n) is 7.01. The number of hydrogen-bond acceptors (Lipinski definition) is 0. The molecule has 0 aromatic heterocycles. The summed E-state index contributed by atoms with van der Waals surface area (Å²) in [5, 5.41) is 2.79. The van der Waals surface area contributed by atoms with E-state index in [-0.39, 0.29) is 5.41 Å². The first-order valence-corrected chi connectivity index (χ1v) is 7.90. The fourth-order valence-electron chi connectivity index (χ4n) is 3.74. The molecule has 20 heavy (non-hydrogen) atoms. The summed E-state index contributed by atoms with van der Waals surface area (Å²) in [7, 11) is 0. The first kappa shape index (κ1) is 13.7. The van der Waals surface area contributed by atoms with Crippen LogP contribution in [-0.4, -0.2) is 0 Å². The Morgan fingerprint density at radius 2 is 1.70 bits per heavy atom. The van der Waals surface area contributed by atoms with E-state index in [0.29, 0.717) is 5.92 Å². The highest BCUT2D eigenvalue weighted by atomic mass is 14.4. The standard InChI is InChI=1S/C20H25/c1-15-11-13-17(14-12-15)20(2,3)19-10-6-8-16-7-4-5-9-18(16)19/h4-10,13,15,17H,11-12,14H2,1-3H3. The van der Waals surface area contributed by atoms with Crippen LogP contribution in [0.15, 0.2) is 42.5 Å². The average Bonchev–Trinajstić information content (AvgIpc) is 2.47. The van der Waals surface area contributed by atoms with Crippen LogP contribution >= 0.6 is 0 Å². The molecule has 0 amide bonds. The van der Waals surface area contributed by atoms with Crippen molar-refractivity contribution < 1.29 is 0 Å². The summed E-state index contributed by atoms with van der Waals surface area (Å²) in [6.07, 6.45) is 6.56. The van der Waals surface area contributed by atoms with E-state index in [1.54, 1.807) is 0 Å². The molecule has 1 radical (unpaired) electrons. The first-order valence-electron chi connectivity index (χ1n) is 7.90. The van der Waals surface area contributed by atoms with Crippen LogP contribution < -0.4 is 0 Å². The minimum absolute atomic E-state index is 0.223. The lowest BCUT2D eigenvalue weighted by atomic mass is 9.65. The third-order valence-corrected chi connectivity index (χ3v) is 5.20. The van der Waals surface area contributed by atoms with Crippen molar-refractivity contribution in [2.45, 2.75) is 45.4 Å². The van der Waals surface area contributed by atoms with Crippen LogP contribution in [0.25, 0.3) is 10.8 Å². The third kappa shape index (κ3) is 2.37. The maximum atomic E-state index is 2.58. The zero-order chi connectivity index (χ0) is 14.2. The Morgan fingerprint density at radius 1 is 0.950 bits per heavy atom. The predicted octanol–water partition coefficient (Wildman–Crippen LogP) is 5.76. The zero-order valence-corrected chi connectivity index (χ0v) is 12.9. The topological polar surface area (TPSA) is 0 Å². The van der Waals surface area contributed by atoms with Crippen molar-refractivity contribution in [3.05, 3.63) is 54.4 Å². The van der Waals surface area contributed by atoms with E-state index in [0.717, 1.165) is 5.92 Å². The molecule has 0 aliphatic heterocycles. The molecule has 1 aliphatic carbocycles. The molecular formula is C20H25. The van der Waals surface area contributed by atoms with Crippen LogP contribution in [0.5, 0.6) is 0 Å². The maximum Gasteiger partial charge on any atom is -0.00664 e. The Labute approximate surface area is 123 Å². The molecule has 2 atom stereocenters. The highest BCUT2D eigenvalue weighted by Gasteiger charge is 2.34. The molecule has 0 spiro atoms. The van der Waals surface area contributed by atoms with Gasteiger partial charge in [-0.2, -0.15) is 0 Å². The highest BCUT2D eigenvalue weighted by Crippen LogP contribution is 2.43. The summed E-state index contributed by atoms with van der Waals surface area (Å²) < 4.78 is 0. The van der Waals surface area contributed by atoms with Crippen LogP contribution in [0.2, 0.25) is 0 Å². The van der Waals surface area contributed by atoms with E-state index < -0.39 is 0 Å². The molecule has 2 aromatic carbocycles. The van der Waals surface area contributed by atoms with Gasteiger partial charge in [-0.05, 0) is 52.8 Å². The summed E-state index contributed by atoms with van der Waals surface area (Å²) in [5.41, 5.74) is 1.73. The smallest absolute Gasteiger partial charge is 0.00664 e. The summed E-state index contributed by atoms with van der Waals surface area (Å²) in [4.78, 5) is 0. The van der Waals surface area contributed by atoms with Gasteiger partial charge in [-0.15, -0.1) is 0 Å². The van der Waals surface area contributed by atoms with E-state index >= 15 is 0 Å². The lowest BCUT2D eigenvalue weighted by Gasteiger charge is -2.39. The number of benzene rings is 2. The highest BCUT2D eigenvalue weighted by molar-refractivity contribution is 5.86. The SMILES string of the molecule is CC1C[CH]C(C(C)(C)c2cccc3ccccc23)CC1. The predicted molar refractivity (Wildman–Crippen MR) is 87.8 cm³/mol. The normalized spacial score (nSPS) is 23.9. The van der Waals surface area contributed by atoms with Crippen molar-refractivity contribution in [3.63, 3.8) is 0 Å². The molecule has 0 saturated heterocycles. The molecule has 1 fully saturated rings. The van der Waals surface area contributed by atoms with Gasteiger partial charge in [0.15, 0.2) is 0 Å². The Morgan fingerprint density at radius 3 is 2.45 bits per heavy atom. The molecule has 0 heteroatoms. The van der Waals surface area contributed by atoms with E-state index in [1.807, 2.05) is 0 Å². The van der Waals surface area contributed by atoms with E-state index in [9.17, 15) is 0 Å². The van der Waals surface area contributed by atoms with Gasteiger partial charge < -0.3 is 0 Å². The van der Waals surface area contributed by atoms with Crippen molar-refractivity contribution in [3.8, 4) is 0 Å². The zero-order valence-electron chi connectivity index (χ0n) is 12.9. The van der Waals surface area contributed by atoms with Gasteiger partial charge in [0.05, 0.1) is 0 Å². The molecule has 105 valence electrons. The molecule has 0 nitrogen and oxygen atoms in total. The quantitative estimate of drug-likeness (QED) is 0.647. The van der Waals surface area contributed by atoms with Gasteiger partial charge in [0.1, 0.15) is 0 Å². The number of fused-ring (bicyclic) bond motifs is 1. The van der Waals surface area contributed by atoms with Crippen molar-refractivity contribution >= 4 is 10.8 Å². The van der Waals surface area contributed by atoms with Crippen LogP contribution in [0.1, 0.15) is 45.6 Å². The molecule has 0 bridgehead atoms. The average molecular weight is 265 g/mol. The van der Waals surface area contributed by atoms with E-state index in [1.165, 1.54) is 35.6 Å². The van der Waals surface area contributed by atoms with E-state index in [2.05, 4.69) is 69.7 Å². The van der Waals surface area contributed by atoms with Gasteiger partial charge in [-0.3, -0.25) is 0 Å². The fraction of sp³-hybridized carbons (Fsp3) is 0.450. The molecule has 0 N–H and O–H groups in total. The lowest BCUT2D eigenvalue weighted by molar-refractivity contribution is 0.264. The van der Waals surface area contributed by atoms with Gasteiger partial charge in [0.2, 0.25) is 0 Å². The second kappa shape index (κ2) is 5.24. The van der Waals surface area contributed by atoms with Crippen LogP contribution in [-0.2, 0) is 5.41 Å². The lowest BCUT2D eigenvalue weighted by Crippen LogP contribution is -2.32. The summed E-state index contributed by atoms with van der Waals surface area (Å²) in [6, 6.07) is 15.6. The van der Waals surface area contributed by atoms with Crippen molar-refractivity contribution in [1.82, 2.24) is 0 Å². The van der Waals surface area contributed by atoms with Crippen LogP contribution in [0.3, 0.4) is 0 Å². The monoisotopic (exact) mass is 265 g/mol. The molecule has 1 saturated carbocycles. The van der Waals surface area contributed by atoms with Crippen molar-refractivity contribution in [2.75, 3.05) is 0 Å². The summed E-state index contributed by atoms with van der Waals surface area (Å²) >= 11 is 0. The van der Waals surface area contributed by atoms with E-state index in [4.69, 9.17) is 0 Å². The van der Waals surface area contributed by atoms with Gasteiger partial charge in [-0.25, -0.2) is 0 Å². The van der Waals surface area contributed by atoms with Gasteiger partial charge in [-0.1, -0.05) is 69.7 Å². The first-order chi connectivity index (χ1) is 9.59. The van der Waals surface area contributed by atoms with Crippen LogP contribution in [0.4, 0.5) is 0 Å². The third-order valence-electron chi connectivity index (χ3n) is 5.20. The van der Waals surface area contributed by atoms with Gasteiger partial charge in [0.25, 0.3) is 0 Å². The fourth-order valence-corrected chi connectivity index (χ4v) is 3.74. The Hall–Kier alpha value is -1.30. The van der Waals surface area contributed by atoms with Crippen molar-refractivity contribution in [1.29, 1.82) is 0 Å². The maximum absolute atomic E-state index is 2.58.